The molecule has 0 spiro atoms. The number of benzene rings is 3. The van der Waals surface area contributed by atoms with Gasteiger partial charge in [0.1, 0.15) is 12.1 Å². The van der Waals surface area contributed by atoms with Crippen LogP contribution in [0.4, 0.5) is 5.69 Å². The van der Waals surface area contributed by atoms with Crippen LogP contribution < -0.4 is 15.5 Å². The molecule has 0 saturated carbocycles. The lowest BCUT2D eigenvalue weighted by Crippen LogP contribution is -2.49. The van der Waals surface area contributed by atoms with Crippen molar-refractivity contribution in [1.82, 2.24) is 15.7 Å². The zero-order valence-corrected chi connectivity index (χ0v) is 25.1. The Kier molecular flexibility index (Phi) is 12.1. The molecule has 230 valence electrons. The van der Waals surface area contributed by atoms with E-state index in [0.717, 1.165) is 42.6 Å². The van der Waals surface area contributed by atoms with Gasteiger partial charge in [-0.15, -0.1) is 0 Å². The number of amides is 2. The summed E-state index contributed by atoms with van der Waals surface area (Å²) in [7, 11) is 2.02. The summed E-state index contributed by atoms with van der Waals surface area (Å²) in [6.07, 6.45) is 0.779. The number of hydroxylamine groups is 2. The summed E-state index contributed by atoms with van der Waals surface area (Å²) in [5.74, 6) is -0.887. The van der Waals surface area contributed by atoms with Gasteiger partial charge in [-0.1, -0.05) is 60.7 Å². The lowest BCUT2D eigenvalue weighted by Gasteiger charge is -2.27. The van der Waals surface area contributed by atoms with Crippen LogP contribution in [-0.2, 0) is 22.6 Å². The van der Waals surface area contributed by atoms with Gasteiger partial charge in [-0.25, -0.2) is 0 Å². The molecule has 1 aliphatic rings. The number of aliphatic hydroxyl groups is 2. The highest BCUT2D eigenvalue weighted by Gasteiger charge is 2.49. The Hall–Kier alpha value is -3.76. The Labute approximate surface area is 254 Å². The van der Waals surface area contributed by atoms with Gasteiger partial charge in [0.05, 0.1) is 19.3 Å². The van der Waals surface area contributed by atoms with E-state index < -0.39 is 24.2 Å². The molecular weight excluding hydrogens is 544 g/mol. The minimum Gasteiger partial charge on any atom is -0.394 e. The molecule has 4 atom stereocenters. The number of carbonyl (C=O) groups excluding carboxylic acids is 2. The lowest BCUT2D eigenvalue weighted by atomic mass is 9.89. The predicted molar refractivity (Wildman–Crippen MR) is 167 cm³/mol. The van der Waals surface area contributed by atoms with E-state index in [4.69, 9.17) is 4.84 Å². The zero-order chi connectivity index (χ0) is 30.6. The van der Waals surface area contributed by atoms with Crippen molar-refractivity contribution < 1.29 is 24.6 Å². The van der Waals surface area contributed by atoms with Gasteiger partial charge in [-0.05, 0) is 61.6 Å². The van der Waals surface area contributed by atoms with Crippen LogP contribution in [0, 0.1) is 5.92 Å². The van der Waals surface area contributed by atoms with E-state index in [1.807, 2.05) is 73.8 Å². The molecule has 0 bridgehead atoms. The van der Waals surface area contributed by atoms with Crippen molar-refractivity contribution in [2.24, 2.45) is 5.92 Å². The molecule has 0 radical (unpaired) electrons. The molecule has 4 rings (SSSR count). The van der Waals surface area contributed by atoms with Crippen molar-refractivity contribution >= 4 is 17.5 Å². The topological polar surface area (TPSA) is 114 Å². The third kappa shape index (κ3) is 9.11. The standard InChI is InChI=1S/C34H44N4O5/c1-25(40)31-30(24-39)43-38(32(31)34(42)36-20-11-21-37(2)29-17-7-4-8-18-29)23-27-13-9-12-26(22-27)14-10-19-35-33(41)28-15-5-3-6-16-28/h3-9,12-13,15-18,22,25,30-32,39-40H,10-11,14,19-21,23-24H2,1-2H3,(H,35,41)(H,36,42)/t25-,30-,31+,32-/m1/s1. The molecule has 0 unspecified atom stereocenters. The van der Waals surface area contributed by atoms with E-state index in [9.17, 15) is 19.8 Å². The summed E-state index contributed by atoms with van der Waals surface area (Å²) in [5, 5.41) is 28.2. The van der Waals surface area contributed by atoms with E-state index >= 15 is 0 Å². The highest BCUT2D eigenvalue weighted by atomic mass is 16.7. The minimum atomic E-state index is -0.848. The Morgan fingerprint density at radius 1 is 0.930 bits per heavy atom. The highest BCUT2D eigenvalue weighted by Crippen LogP contribution is 2.32. The molecule has 4 N–H and O–H groups in total. The second-order valence-electron chi connectivity index (χ2n) is 11.1. The highest BCUT2D eigenvalue weighted by molar-refractivity contribution is 5.94. The number of aliphatic hydroxyl groups excluding tert-OH is 2. The summed E-state index contributed by atoms with van der Waals surface area (Å²) in [5.41, 5.74) is 3.82. The van der Waals surface area contributed by atoms with Crippen molar-refractivity contribution in [1.29, 1.82) is 0 Å². The summed E-state index contributed by atoms with van der Waals surface area (Å²) in [6, 6.07) is 26.5. The van der Waals surface area contributed by atoms with Crippen molar-refractivity contribution in [2.45, 2.75) is 51.0 Å². The SMILES string of the molecule is C[C@@H](O)[C@H]1[C@@H](CO)ON(Cc2cccc(CCCNC(=O)c3ccccc3)c2)[C@H]1C(=O)NCCCN(C)c1ccccc1. The van der Waals surface area contributed by atoms with Gasteiger partial charge in [0.15, 0.2) is 0 Å². The second kappa shape index (κ2) is 16.2. The van der Waals surface area contributed by atoms with Crippen LogP contribution in [0.15, 0.2) is 84.9 Å². The Balaban J connectivity index is 1.32. The van der Waals surface area contributed by atoms with E-state index in [1.165, 1.54) is 0 Å². The fraction of sp³-hybridized carbons (Fsp3) is 0.412. The largest absolute Gasteiger partial charge is 0.394 e. The number of nitrogens with zero attached hydrogens (tertiary/aromatic N) is 2. The van der Waals surface area contributed by atoms with Crippen LogP contribution in [0.5, 0.6) is 0 Å². The Bertz CT molecular complexity index is 1290. The first kappa shape index (κ1) is 32.2. The van der Waals surface area contributed by atoms with Gasteiger partial charge in [0.2, 0.25) is 5.91 Å². The normalized spacial score (nSPS) is 19.1. The lowest BCUT2D eigenvalue weighted by molar-refractivity contribution is -0.181. The van der Waals surface area contributed by atoms with Gasteiger partial charge < -0.3 is 25.7 Å². The molecule has 0 aliphatic carbocycles. The van der Waals surface area contributed by atoms with E-state index in [0.29, 0.717) is 25.2 Å². The fourth-order valence-corrected chi connectivity index (χ4v) is 5.57. The smallest absolute Gasteiger partial charge is 0.251 e. The number of para-hydroxylation sites is 1. The van der Waals surface area contributed by atoms with Crippen molar-refractivity contribution in [3.8, 4) is 0 Å². The van der Waals surface area contributed by atoms with E-state index in [1.54, 1.807) is 24.1 Å². The number of aryl methyl sites for hydroxylation is 1. The summed E-state index contributed by atoms with van der Waals surface area (Å²) < 4.78 is 0. The molecule has 1 aliphatic heterocycles. The molecule has 9 nitrogen and oxygen atoms in total. The number of hydrogen-bond donors (Lipinski definition) is 4. The van der Waals surface area contributed by atoms with E-state index in [-0.39, 0.29) is 18.4 Å². The van der Waals surface area contributed by atoms with Crippen LogP contribution in [0.1, 0.15) is 41.3 Å². The number of nitrogens with one attached hydrogen (secondary N) is 2. The first-order valence-corrected chi connectivity index (χ1v) is 15.0. The summed E-state index contributed by atoms with van der Waals surface area (Å²) in [4.78, 5) is 33.9. The summed E-state index contributed by atoms with van der Waals surface area (Å²) >= 11 is 0. The van der Waals surface area contributed by atoms with Gasteiger partial charge >= 0.3 is 0 Å². The van der Waals surface area contributed by atoms with Crippen LogP contribution >= 0.6 is 0 Å². The first-order valence-electron chi connectivity index (χ1n) is 15.0. The molecular formula is C34H44N4O5. The molecule has 3 aromatic rings. The van der Waals surface area contributed by atoms with Crippen molar-refractivity contribution in [2.75, 3.05) is 38.2 Å². The maximum absolute atomic E-state index is 13.5. The Morgan fingerprint density at radius 3 is 2.30 bits per heavy atom. The van der Waals surface area contributed by atoms with Gasteiger partial charge in [-0.2, -0.15) is 5.06 Å². The maximum atomic E-state index is 13.5. The molecule has 43 heavy (non-hydrogen) atoms. The fourth-order valence-electron chi connectivity index (χ4n) is 5.57. The van der Waals surface area contributed by atoms with Crippen LogP contribution in [0.3, 0.4) is 0 Å². The molecule has 1 fully saturated rings. The predicted octanol–water partition coefficient (Wildman–Crippen LogP) is 3.17. The number of rotatable bonds is 15. The van der Waals surface area contributed by atoms with Crippen LogP contribution in [-0.4, -0.2) is 78.6 Å². The van der Waals surface area contributed by atoms with E-state index in [2.05, 4.69) is 21.6 Å². The second-order valence-corrected chi connectivity index (χ2v) is 11.1. The molecule has 9 heteroatoms. The molecule has 2 amide bonds. The monoisotopic (exact) mass is 588 g/mol. The third-order valence-electron chi connectivity index (χ3n) is 7.84. The molecule has 3 aromatic carbocycles. The maximum Gasteiger partial charge on any atom is 0.251 e. The average molecular weight is 589 g/mol. The van der Waals surface area contributed by atoms with Crippen molar-refractivity contribution in [3.05, 3.63) is 102 Å². The van der Waals surface area contributed by atoms with Crippen LogP contribution in [0.25, 0.3) is 0 Å². The number of anilines is 1. The zero-order valence-electron chi connectivity index (χ0n) is 25.1. The quantitative estimate of drug-likeness (QED) is 0.202. The van der Waals surface area contributed by atoms with Crippen molar-refractivity contribution in [3.63, 3.8) is 0 Å². The Morgan fingerprint density at radius 2 is 1.60 bits per heavy atom. The summed E-state index contributed by atoms with van der Waals surface area (Å²) in [6.45, 7) is 3.47. The number of carbonyl (C=O) groups is 2. The average Bonchev–Trinajstić information content (AvgIpc) is 3.40. The third-order valence-corrected chi connectivity index (χ3v) is 7.84. The molecule has 1 saturated heterocycles. The van der Waals surface area contributed by atoms with Gasteiger partial charge in [-0.3, -0.25) is 14.4 Å². The number of hydrogen-bond acceptors (Lipinski definition) is 7. The first-order chi connectivity index (χ1) is 20.9. The van der Waals surface area contributed by atoms with Gasteiger partial charge in [0, 0.05) is 43.9 Å². The minimum absolute atomic E-state index is 0.0841. The van der Waals surface area contributed by atoms with Gasteiger partial charge in [0.25, 0.3) is 5.91 Å². The molecule has 1 heterocycles. The van der Waals surface area contributed by atoms with Crippen LogP contribution in [0.2, 0.25) is 0 Å². The molecule has 0 aromatic heterocycles.